The molecule has 0 bridgehead atoms. The summed E-state index contributed by atoms with van der Waals surface area (Å²) >= 11 is 1.82. The van der Waals surface area contributed by atoms with Gasteiger partial charge in [0.2, 0.25) is 0 Å². The summed E-state index contributed by atoms with van der Waals surface area (Å²) in [6.07, 6.45) is 10.7. The fourth-order valence-corrected chi connectivity index (χ4v) is 4.10. The highest BCUT2D eigenvalue weighted by molar-refractivity contribution is 8.16. The number of hydrogen-bond acceptors (Lipinski definition) is 1. The van der Waals surface area contributed by atoms with Gasteiger partial charge in [0.25, 0.3) is 0 Å². The third-order valence-electron chi connectivity index (χ3n) is 4.45. The minimum absolute atomic E-state index is 0.962. The van der Waals surface area contributed by atoms with Crippen LogP contribution in [0.15, 0.2) is 101 Å². The Morgan fingerprint density at radius 2 is 1.26 bits per heavy atom. The quantitative estimate of drug-likeness (QED) is 0.645. The Morgan fingerprint density at radius 1 is 0.704 bits per heavy atom. The molecule has 0 radical (unpaired) electrons. The van der Waals surface area contributed by atoms with Crippen LogP contribution in [-0.4, -0.2) is 30.7 Å². The first-order valence-electron chi connectivity index (χ1n) is 8.93. The van der Waals surface area contributed by atoms with Gasteiger partial charge < -0.3 is 0 Å². The molecule has 2 aromatic rings. The monoisotopic (exact) mass is 369 g/mol. The second-order valence-corrected chi connectivity index (χ2v) is 7.69. The number of thioether (sulfide) groups is 1. The van der Waals surface area contributed by atoms with Gasteiger partial charge in [0.05, 0.1) is 14.1 Å². The highest BCUT2D eigenvalue weighted by Crippen LogP contribution is 2.44. The lowest BCUT2D eigenvalue weighted by Crippen LogP contribution is -2.11. The Bertz CT molecular complexity index is 957. The average molecular weight is 370 g/mol. The molecule has 0 saturated carbocycles. The van der Waals surface area contributed by atoms with Gasteiger partial charge in [-0.2, -0.15) is 0 Å². The maximum Gasteiger partial charge on any atom is 0.317 e. The Kier molecular flexibility index (Phi) is 5.03. The molecule has 2 heterocycles. The number of benzene rings is 2. The van der Waals surface area contributed by atoms with Gasteiger partial charge in [-0.05, 0) is 39.9 Å². The van der Waals surface area contributed by atoms with E-state index >= 15 is 0 Å². The maximum atomic E-state index is 4.59. The molecule has 0 spiro atoms. The van der Waals surface area contributed by atoms with Gasteiger partial charge in [-0.1, -0.05) is 72.4 Å². The lowest BCUT2D eigenvalue weighted by molar-refractivity contribution is -0.464. The Balaban J connectivity index is 1.81. The molecule has 0 amide bonds. The van der Waals surface area contributed by atoms with E-state index in [4.69, 9.17) is 0 Å². The number of nitrogens with zero attached hydrogens (tertiary/aromatic N) is 2. The predicted molar refractivity (Wildman–Crippen MR) is 118 cm³/mol. The van der Waals surface area contributed by atoms with Crippen molar-refractivity contribution in [2.75, 3.05) is 14.1 Å². The molecule has 2 aliphatic heterocycles. The fourth-order valence-electron chi connectivity index (χ4n) is 2.98. The molecule has 3 heteroatoms. The molecule has 2 nitrogen and oxygen atoms in total. The number of rotatable bonds is 2. The van der Waals surface area contributed by atoms with E-state index in [1.165, 1.54) is 26.5 Å². The molecule has 0 saturated heterocycles. The van der Waals surface area contributed by atoms with Crippen LogP contribution in [0, 0.1) is 0 Å². The first-order chi connectivity index (χ1) is 13.2. The fraction of sp³-hybridized carbons (Fsp3) is 0.0833. The molecule has 2 aliphatic rings. The minimum atomic E-state index is 0.962. The van der Waals surface area contributed by atoms with Crippen molar-refractivity contribution >= 4 is 33.6 Å². The van der Waals surface area contributed by atoms with Crippen molar-refractivity contribution in [1.82, 2.24) is 0 Å². The smallest absolute Gasteiger partial charge is 0.264 e. The van der Waals surface area contributed by atoms with Crippen molar-refractivity contribution in [3.8, 4) is 0 Å². The summed E-state index contributed by atoms with van der Waals surface area (Å²) in [5, 5.41) is 0. The highest BCUT2D eigenvalue weighted by atomic mass is 32.2. The van der Waals surface area contributed by atoms with Crippen LogP contribution >= 0.6 is 11.8 Å². The van der Waals surface area contributed by atoms with Crippen LogP contribution in [0.2, 0.25) is 0 Å². The average Bonchev–Trinajstić information content (AvgIpc) is 2.75. The molecular weight excluding hydrogens is 348 g/mol. The van der Waals surface area contributed by atoms with E-state index in [1.54, 1.807) is 0 Å². The molecule has 132 valence electrons. The third kappa shape index (κ3) is 3.93. The van der Waals surface area contributed by atoms with Crippen LogP contribution < -0.4 is 0 Å². The summed E-state index contributed by atoms with van der Waals surface area (Å²) in [6, 6.07) is 21.1. The number of dihydropyridines is 1. The van der Waals surface area contributed by atoms with E-state index in [2.05, 4.69) is 90.0 Å². The van der Waals surface area contributed by atoms with Crippen molar-refractivity contribution in [3.05, 3.63) is 107 Å². The largest absolute Gasteiger partial charge is 0.317 e. The van der Waals surface area contributed by atoms with Gasteiger partial charge >= 0.3 is 5.84 Å². The van der Waals surface area contributed by atoms with Gasteiger partial charge in [-0.3, -0.25) is 4.58 Å². The Labute approximate surface area is 164 Å². The number of amidine groups is 1. The maximum absolute atomic E-state index is 4.59. The summed E-state index contributed by atoms with van der Waals surface area (Å²) in [6.45, 7) is 0. The van der Waals surface area contributed by atoms with Crippen molar-refractivity contribution in [2.24, 2.45) is 4.99 Å². The van der Waals surface area contributed by atoms with Gasteiger partial charge in [-0.15, -0.1) is 0 Å². The SMILES string of the molecule is C[N+](C)=C1C=CC(=C2C=C(c3ccccc3)SC(c3ccccc3)=C2)C=N1. The number of allylic oxidation sites excluding steroid dienone is 5. The van der Waals surface area contributed by atoms with Crippen LogP contribution in [0.4, 0.5) is 0 Å². The van der Waals surface area contributed by atoms with Gasteiger partial charge in [0.15, 0.2) is 0 Å². The molecule has 0 aliphatic carbocycles. The standard InChI is InChI=1S/C24H21N2S/c1-26(2)24-14-13-20(17-25-24)21-15-22(18-9-5-3-6-10-18)27-23(16-21)19-11-7-4-8-12-19/h3-17H,1-2H3/q+1. The van der Waals surface area contributed by atoms with E-state index < -0.39 is 0 Å². The topological polar surface area (TPSA) is 15.4 Å². The molecular formula is C24H21N2S+. The normalized spacial score (nSPS) is 16.3. The summed E-state index contributed by atoms with van der Waals surface area (Å²) in [5.74, 6) is 0.962. The Hall–Kier alpha value is -2.91. The lowest BCUT2D eigenvalue weighted by Gasteiger charge is -2.18. The first-order valence-corrected chi connectivity index (χ1v) is 9.75. The molecule has 0 unspecified atom stereocenters. The highest BCUT2D eigenvalue weighted by Gasteiger charge is 2.18. The second-order valence-electron chi connectivity index (χ2n) is 6.61. The third-order valence-corrected chi connectivity index (χ3v) is 5.60. The van der Waals surface area contributed by atoms with Crippen molar-refractivity contribution in [3.63, 3.8) is 0 Å². The number of hydrogen-bond donors (Lipinski definition) is 0. The summed E-state index contributed by atoms with van der Waals surface area (Å²) in [7, 11) is 4.01. The van der Waals surface area contributed by atoms with Crippen molar-refractivity contribution in [1.29, 1.82) is 0 Å². The van der Waals surface area contributed by atoms with Crippen LogP contribution in [0.3, 0.4) is 0 Å². The number of aliphatic imine (C=N–C) groups is 1. The van der Waals surface area contributed by atoms with E-state index in [9.17, 15) is 0 Å². The summed E-state index contributed by atoms with van der Waals surface area (Å²) < 4.78 is 2.02. The van der Waals surface area contributed by atoms with Crippen molar-refractivity contribution in [2.45, 2.75) is 0 Å². The van der Waals surface area contributed by atoms with Crippen molar-refractivity contribution < 1.29 is 4.58 Å². The van der Waals surface area contributed by atoms with Crippen LogP contribution in [0.25, 0.3) is 9.81 Å². The Morgan fingerprint density at radius 3 is 1.70 bits per heavy atom. The lowest BCUT2D eigenvalue weighted by atomic mass is 10.0. The zero-order chi connectivity index (χ0) is 18.6. The summed E-state index contributed by atoms with van der Waals surface area (Å²) in [4.78, 5) is 7.10. The molecule has 0 fully saturated rings. The molecule has 4 rings (SSSR count). The van der Waals surface area contributed by atoms with E-state index in [0.29, 0.717) is 0 Å². The van der Waals surface area contributed by atoms with Gasteiger partial charge in [0, 0.05) is 21.5 Å². The predicted octanol–water partition coefficient (Wildman–Crippen LogP) is 5.42. The minimum Gasteiger partial charge on any atom is -0.264 e. The first kappa shape index (κ1) is 17.5. The molecule has 0 atom stereocenters. The van der Waals surface area contributed by atoms with E-state index in [1.807, 2.05) is 36.6 Å². The zero-order valence-electron chi connectivity index (χ0n) is 15.5. The van der Waals surface area contributed by atoms with E-state index in [-0.39, 0.29) is 0 Å². The molecule has 27 heavy (non-hydrogen) atoms. The molecule has 2 aromatic carbocycles. The second kappa shape index (κ2) is 7.77. The van der Waals surface area contributed by atoms with E-state index in [0.717, 1.165) is 11.4 Å². The van der Waals surface area contributed by atoms with Crippen LogP contribution in [-0.2, 0) is 0 Å². The van der Waals surface area contributed by atoms with Crippen LogP contribution in [0.1, 0.15) is 11.1 Å². The van der Waals surface area contributed by atoms with Gasteiger partial charge in [0.1, 0.15) is 6.21 Å². The molecule has 0 N–H and O–H groups in total. The van der Waals surface area contributed by atoms with Crippen LogP contribution in [0.5, 0.6) is 0 Å². The van der Waals surface area contributed by atoms with Gasteiger partial charge in [-0.25, -0.2) is 0 Å². The zero-order valence-corrected chi connectivity index (χ0v) is 16.3. The molecule has 0 aromatic heterocycles. The summed E-state index contributed by atoms with van der Waals surface area (Å²) in [5.41, 5.74) is 4.78.